The monoisotopic (exact) mass is 220 g/mol. The number of hydrogen-bond donors (Lipinski definition) is 1. The Labute approximate surface area is 93.0 Å². The predicted octanol–water partition coefficient (Wildman–Crippen LogP) is 2.25. The molecule has 4 nitrogen and oxygen atoms in total. The molecule has 2 rings (SSSR count). The third-order valence-electron chi connectivity index (χ3n) is 2.02. The van der Waals surface area contributed by atoms with E-state index in [2.05, 4.69) is 15.1 Å². The molecule has 78 valence electrons. The van der Waals surface area contributed by atoms with Crippen LogP contribution >= 0.6 is 12.2 Å². The van der Waals surface area contributed by atoms with Crippen LogP contribution in [0.4, 0.5) is 0 Å². The molecule has 0 aliphatic heterocycles. The van der Waals surface area contributed by atoms with Gasteiger partial charge in [-0.15, -0.1) is 0 Å². The molecule has 1 N–H and O–H groups in total. The van der Waals surface area contributed by atoms with Crippen molar-refractivity contribution in [2.24, 2.45) is 0 Å². The minimum absolute atomic E-state index is 0.602. The number of H-pyrrole nitrogens is 1. The Morgan fingerprint density at radius 2 is 1.73 bits per heavy atom. The molecular formula is C10H12N4S. The van der Waals surface area contributed by atoms with Crippen molar-refractivity contribution in [1.82, 2.24) is 19.7 Å². The van der Waals surface area contributed by atoms with Gasteiger partial charge in [0.25, 0.3) is 5.95 Å². The van der Waals surface area contributed by atoms with E-state index in [0.717, 1.165) is 17.1 Å². The van der Waals surface area contributed by atoms with Crippen molar-refractivity contribution in [2.75, 3.05) is 0 Å². The summed E-state index contributed by atoms with van der Waals surface area (Å²) < 4.78 is 2.41. The summed E-state index contributed by atoms with van der Waals surface area (Å²) in [5, 5.41) is 3.10. The molecule has 0 saturated heterocycles. The first-order chi connectivity index (χ1) is 7.06. The molecule has 2 aromatic rings. The minimum Gasteiger partial charge on any atom is -0.295 e. The largest absolute Gasteiger partial charge is 0.295 e. The maximum Gasteiger partial charge on any atom is 0.250 e. The number of nitrogens with zero attached hydrogens (tertiary/aromatic N) is 3. The van der Waals surface area contributed by atoms with Gasteiger partial charge in [0.15, 0.2) is 0 Å². The average molecular weight is 220 g/mol. The van der Waals surface area contributed by atoms with Gasteiger partial charge < -0.3 is 0 Å². The molecule has 0 unspecified atom stereocenters. The fourth-order valence-electron chi connectivity index (χ4n) is 1.47. The van der Waals surface area contributed by atoms with E-state index in [4.69, 9.17) is 12.2 Å². The molecule has 5 heteroatoms. The van der Waals surface area contributed by atoms with Crippen molar-refractivity contribution in [3.63, 3.8) is 0 Å². The molecule has 0 aliphatic carbocycles. The lowest BCUT2D eigenvalue weighted by molar-refractivity contribution is 0.776. The summed E-state index contributed by atoms with van der Waals surface area (Å²) in [6.07, 6.45) is 0. The summed E-state index contributed by atoms with van der Waals surface area (Å²) in [5.41, 5.74) is 2.88. The van der Waals surface area contributed by atoms with Gasteiger partial charge in [0.2, 0.25) is 0 Å². The first-order valence-electron chi connectivity index (χ1n) is 4.67. The third-order valence-corrected chi connectivity index (χ3v) is 2.32. The second kappa shape index (κ2) is 3.58. The molecule has 0 aliphatic rings. The van der Waals surface area contributed by atoms with Crippen molar-refractivity contribution in [1.29, 1.82) is 0 Å². The van der Waals surface area contributed by atoms with Crippen LogP contribution in [-0.4, -0.2) is 19.7 Å². The van der Waals surface area contributed by atoms with Crippen molar-refractivity contribution < 1.29 is 0 Å². The molecule has 0 fully saturated rings. The van der Waals surface area contributed by atoms with Gasteiger partial charge in [-0.25, -0.2) is 14.6 Å². The van der Waals surface area contributed by atoms with Gasteiger partial charge in [-0.2, -0.15) is 0 Å². The highest BCUT2D eigenvalue weighted by Gasteiger charge is 2.04. The van der Waals surface area contributed by atoms with E-state index in [1.165, 1.54) is 0 Å². The van der Waals surface area contributed by atoms with Crippen LogP contribution in [0.3, 0.4) is 0 Å². The molecule has 0 aromatic carbocycles. The maximum absolute atomic E-state index is 5.19. The smallest absolute Gasteiger partial charge is 0.250 e. The summed E-state index contributed by atoms with van der Waals surface area (Å²) in [4.78, 5) is 8.66. The van der Waals surface area contributed by atoms with Crippen LogP contribution in [0.25, 0.3) is 5.95 Å². The highest BCUT2D eigenvalue weighted by molar-refractivity contribution is 7.71. The molecule has 0 atom stereocenters. The van der Waals surface area contributed by atoms with E-state index in [9.17, 15) is 0 Å². The Morgan fingerprint density at radius 1 is 1.13 bits per heavy atom. The van der Waals surface area contributed by atoms with Crippen molar-refractivity contribution in [3.8, 4) is 5.95 Å². The predicted molar refractivity (Wildman–Crippen MR) is 60.8 cm³/mol. The van der Waals surface area contributed by atoms with Gasteiger partial charge in [0.05, 0.1) is 0 Å². The SMILES string of the molecule is Cc1cc(C)nc(-n2[nH]c(C)cc2=S)n1. The maximum atomic E-state index is 5.19. The molecule has 0 spiro atoms. The number of nitrogens with one attached hydrogen (secondary N) is 1. The molecule has 2 aromatic heterocycles. The topological polar surface area (TPSA) is 46.5 Å². The highest BCUT2D eigenvalue weighted by Crippen LogP contribution is 2.06. The Hall–Kier alpha value is -1.49. The second-order valence-electron chi connectivity index (χ2n) is 3.56. The van der Waals surface area contributed by atoms with Crippen LogP contribution in [0.1, 0.15) is 17.1 Å². The molecule has 15 heavy (non-hydrogen) atoms. The fourth-order valence-corrected chi connectivity index (χ4v) is 1.77. The summed E-state index contributed by atoms with van der Waals surface area (Å²) in [5.74, 6) is 0.602. The van der Waals surface area contributed by atoms with Gasteiger partial charge in [-0.1, -0.05) is 12.2 Å². The summed E-state index contributed by atoms with van der Waals surface area (Å²) >= 11 is 5.19. The van der Waals surface area contributed by atoms with E-state index in [1.54, 1.807) is 4.68 Å². The quantitative estimate of drug-likeness (QED) is 0.750. The van der Waals surface area contributed by atoms with Crippen LogP contribution in [0.15, 0.2) is 12.1 Å². The molecule has 0 bridgehead atoms. The number of aromatic amines is 1. The van der Waals surface area contributed by atoms with Gasteiger partial charge >= 0.3 is 0 Å². The molecule has 0 saturated carbocycles. The van der Waals surface area contributed by atoms with Crippen LogP contribution in [0.5, 0.6) is 0 Å². The number of aromatic nitrogens is 4. The molecule has 0 radical (unpaired) electrons. The second-order valence-corrected chi connectivity index (χ2v) is 3.98. The van der Waals surface area contributed by atoms with E-state index in [0.29, 0.717) is 10.6 Å². The first-order valence-corrected chi connectivity index (χ1v) is 5.08. The Morgan fingerprint density at radius 3 is 2.20 bits per heavy atom. The molecule has 2 heterocycles. The van der Waals surface area contributed by atoms with E-state index >= 15 is 0 Å². The zero-order valence-corrected chi connectivity index (χ0v) is 9.72. The minimum atomic E-state index is 0.602. The van der Waals surface area contributed by atoms with Crippen molar-refractivity contribution in [2.45, 2.75) is 20.8 Å². The van der Waals surface area contributed by atoms with Gasteiger partial charge in [-0.05, 0) is 32.9 Å². The van der Waals surface area contributed by atoms with Gasteiger partial charge in [0.1, 0.15) is 4.64 Å². The lowest BCUT2D eigenvalue weighted by atomic mass is 10.4. The number of hydrogen-bond acceptors (Lipinski definition) is 3. The normalized spacial score (nSPS) is 10.6. The van der Waals surface area contributed by atoms with Gasteiger partial charge in [0, 0.05) is 17.1 Å². The molecular weight excluding hydrogens is 208 g/mol. The van der Waals surface area contributed by atoms with E-state index < -0.39 is 0 Å². The Kier molecular flexibility index (Phi) is 2.40. The zero-order chi connectivity index (χ0) is 11.0. The van der Waals surface area contributed by atoms with Gasteiger partial charge in [-0.3, -0.25) is 5.10 Å². The Balaban J connectivity index is 2.63. The Bertz CT molecular complexity index is 533. The average Bonchev–Trinajstić information content (AvgIpc) is 2.43. The van der Waals surface area contributed by atoms with Crippen LogP contribution in [0.2, 0.25) is 0 Å². The van der Waals surface area contributed by atoms with Crippen LogP contribution < -0.4 is 0 Å². The van der Waals surface area contributed by atoms with Crippen LogP contribution in [-0.2, 0) is 0 Å². The van der Waals surface area contributed by atoms with Crippen LogP contribution in [0, 0.1) is 25.4 Å². The van der Waals surface area contributed by atoms with Crippen molar-refractivity contribution >= 4 is 12.2 Å². The zero-order valence-electron chi connectivity index (χ0n) is 8.90. The van der Waals surface area contributed by atoms with E-state index in [1.807, 2.05) is 32.9 Å². The standard InChI is InChI=1S/C10H12N4S/c1-6-4-7(2)12-10(11-6)14-9(15)5-8(3)13-14/h4-5,13H,1-3H3. The summed E-state index contributed by atoms with van der Waals surface area (Å²) in [7, 11) is 0. The fraction of sp³-hybridized carbons (Fsp3) is 0.300. The highest BCUT2D eigenvalue weighted by atomic mass is 32.1. The summed E-state index contributed by atoms with van der Waals surface area (Å²) in [6, 6.07) is 3.82. The lowest BCUT2D eigenvalue weighted by Crippen LogP contribution is -2.05. The van der Waals surface area contributed by atoms with Crippen molar-refractivity contribution in [3.05, 3.63) is 33.9 Å². The first kappa shape index (κ1) is 10.0. The lowest BCUT2D eigenvalue weighted by Gasteiger charge is -2.03. The third kappa shape index (κ3) is 1.97. The number of rotatable bonds is 1. The molecule has 0 amide bonds. The number of aryl methyl sites for hydroxylation is 3. The summed E-state index contributed by atoms with van der Waals surface area (Å²) in [6.45, 7) is 5.84. The van der Waals surface area contributed by atoms with E-state index in [-0.39, 0.29) is 0 Å².